The fraction of sp³-hybridized carbons (Fsp3) is 0.0714. The molecule has 0 bridgehead atoms. The molecule has 0 aliphatic carbocycles. The van der Waals surface area contributed by atoms with E-state index in [1.54, 1.807) is 28.8 Å². The average Bonchev–Trinajstić information content (AvgIpc) is 3.10. The van der Waals surface area contributed by atoms with E-state index in [1.165, 1.54) is 38.1 Å². The minimum absolute atomic E-state index is 0.140. The van der Waals surface area contributed by atoms with Gasteiger partial charge in [0.25, 0.3) is 10.0 Å². The van der Waals surface area contributed by atoms with Crippen LogP contribution >= 0.6 is 0 Å². The van der Waals surface area contributed by atoms with Gasteiger partial charge in [0.2, 0.25) is 0 Å². The number of nitrogens with one attached hydrogen (secondary N) is 1. The maximum Gasteiger partial charge on any atom is 0.261 e. The number of anilines is 1. The zero-order chi connectivity index (χ0) is 16.3. The molecule has 0 aliphatic rings. The molecule has 1 aromatic carbocycles. The molecule has 0 saturated heterocycles. The van der Waals surface area contributed by atoms with E-state index < -0.39 is 10.0 Å². The highest BCUT2D eigenvalue weighted by Crippen LogP contribution is 2.19. The van der Waals surface area contributed by atoms with Gasteiger partial charge in [-0.1, -0.05) is 0 Å². The maximum absolute atomic E-state index is 12.3. The van der Waals surface area contributed by atoms with Crippen LogP contribution in [0.4, 0.5) is 5.69 Å². The van der Waals surface area contributed by atoms with E-state index in [0.29, 0.717) is 17.3 Å². The first kappa shape index (κ1) is 15.0. The van der Waals surface area contributed by atoms with Crippen LogP contribution in [0.5, 0.6) is 5.75 Å². The van der Waals surface area contributed by atoms with E-state index in [-0.39, 0.29) is 4.90 Å². The molecule has 0 fully saturated rings. The van der Waals surface area contributed by atoms with E-state index >= 15 is 0 Å². The van der Waals surface area contributed by atoms with Crippen molar-refractivity contribution >= 4 is 15.7 Å². The number of benzene rings is 1. The Hall–Kier alpha value is -2.94. The number of ether oxygens (including phenoxy) is 1. The quantitative estimate of drug-likeness (QED) is 0.760. The van der Waals surface area contributed by atoms with Gasteiger partial charge in [0.15, 0.2) is 0 Å². The highest BCUT2D eigenvalue weighted by Gasteiger charge is 2.14. The molecule has 0 saturated carbocycles. The van der Waals surface area contributed by atoms with Gasteiger partial charge in [0.05, 0.1) is 23.9 Å². The molecule has 8 nitrogen and oxygen atoms in total. The lowest BCUT2D eigenvalue weighted by Crippen LogP contribution is -2.13. The maximum atomic E-state index is 12.3. The highest BCUT2D eigenvalue weighted by molar-refractivity contribution is 7.92. The van der Waals surface area contributed by atoms with Crippen molar-refractivity contribution in [3.63, 3.8) is 0 Å². The molecule has 0 unspecified atom stereocenters. The van der Waals surface area contributed by atoms with Gasteiger partial charge in [-0.15, -0.1) is 10.2 Å². The molecule has 3 aromatic rings. The van der Waals surface area contributed by atoms with Crippen LogP contribution < -0.4 is 9.46 Å². The largest absolute Gasteiger partial charge is 0.497 e. The second-order valence-corrected chi connectivity index (χ2v) is 6.24. The van der Waals surface area contributed by atoms with Crippen LogP contribution in [0.1, 0.15) is 0 Å². The molecule has 9 heteroatoms. The summed E-state index contributed by atoms with van der Waals surface area (Å²) in [5.41, 5.74) is 0.359. The van der Waals surface area contributed by atoms with E-state index in [2.05, 4.69) is 19.9 Å². The van der Waals surface area contributed by atoms with E-state index in [9.17, 15) is 8.42 Å². The number of hydrogen-bond donors (Lipinski definition) is 1. The minimum Gasteiger partial charge on any atom is -0.497 e. The fourth-order valence-corrected chi connectivity index (χ4v) is 2.93. The molecule has 118 valence electrons. The zero-order valence-corrected chi connectivity index (χ0v) is 12.9. The smallest absolute Gasteiger partial charge is 0.261 e. The molecule has 1 N–H and O–H groups in total. The molecular formula is C14H13N5O3S. The molecule has 0 spiro atoms. The first-order valence-electron chi connectivity index (χ1n) is 6.56. The van der Waals surface area contributed by atoms with Crippen LogP contribution in [0.3, 0.4) is 0 Å². The van der Waals surface area contributed by atoms with Crippen LogP contribution in [-0.2, 0) is 10.0 Å². The second kappa shape index (κ2) is 6.05. The molecule has 3 rings (SSSR count). The molecular weight excluding hydrogens is 318 g/mol. The molecule has 2 heterocycles. The molecule has 0 radical (unpaired) electrons. The van der Waals surface area contributed by atoms with Gasteiger partial charge in [-0.2, -0.15) is 0 Å². The summed E-state index contributed by atoms with van der Waals surface area (Å²) in [7, 11) is -2.16. The monoisotopic (exact) mass is 331 g/mol. The topological polar surface area (TPSA) is 99.0 Å². The Bertz CT molecular complexity index is 875. The Kier molecular flexibility index (Phi) is 3.94. The highest BCUT2D eigenvalue weighted by atomic mass is 32.2. The molecule has 23 heavy (non-hydrogen) atoms. The number of sulfonamides is 1. The average molecular weight is 331 g/mol. The zero-order valence-electron chi connectivity index (χ0n) is 12.1. The summed E-state index contributed by atoms with van der Waals surface area (Å²) in [6.07, 6.45) is 4.43. The molecule has 0 atom stereocenters. The van der Waals surface area contributed by atoms with Gasteiger partial charge in [-0.25, -0.2) is 13.4 Å². The van der Waals surface area contributed by atoms with Crippen LogP contribution in [-0.4, -0.2) is 35.3 Å². The number of methoxy groups -OCH3 is 1. The lowest BCUT2D eigenvalue weighted by atomic mass is 10.3. The number of nitrogens with zero attached hydrogens (tertiary/aromatic N) is 4. The van der Waals surface area contributed by atoms with Crippen molar-refractivity contribution in [3.05, 3.63) is 55.2 Å². The summed E-state index contributed by atoms with van der Waals surface area (Å²) in [6.45, 7) is 0. The summed E-state index contributed by atoms with van der Waals surface area (Å²) >= 11 is 0. The Morgan fingerprint density at radius 1 is 1.04 bits per heavy atom. The Balaban J connectivity index is 1.79. The minimum atomic E-state index is -3.68. The standard InChI is InChI=1S/C14H13N5O3S/c1-22-12-3-5-13(6-4-12)23(20,21)18-11-2-7-14(15-8-11)19-9-16-17-10-19/h2-10,18H,1H3. The summed E-state index contributed by atoms with van der Waals surface area (Å²) in [5, 5.41) is 7.37. The van der Waals surface area contributed by atoms with Crippen molar-refractivity contribution in [1.82, 2.24) is 19.7 Å². The summed E-state index contributed by atoms with van der Waals surface area (Å²) < 4.78 is 33.7. The molecule has 2 aromatic heterocycles. The number of aromatic nitrogens is 4. The Morgan fingerprint density at radius 2 is 1.74 bits per heavy atom. The van der Waals surface area contributed by atoms with Gasteiger partial charge in [0.1, 0.15) is 24.2 Å². The van der Waals surface area contributed by atoms with E-state index in [4.69, 9.17) is 4.74 Å². The lowest BCUT2D eigenvalue weighted by Gasteiger charge is -2.09. The van der Waals surface area contributed by atoms with Crippen LogP contribution in [0.2, 0.25) is 0 Å². The van der Waals surface area contributed by atoms with Crippen molar-refractivity contribution in [2.75, 3.05) is 11.8 Å². The predicted octanol–water partition coefficient (Wildman–Crippen LogP) is 1.47. The van der Waals surface area contributed by atoms with Crippen LogP contribution in [0.15, 0.2) is 60.1 Å². The normalized spacial score (nSPS) is 11.2. The van der Waals surface area contributed by atoms with Crippen molar-refractivity contribution in [2.45, 2.75) is 4.90 Å². The third-order valence-electron chi connectivity index (χ3n) is 3.05. The number of pyridine rings is 1. The number of hydrogen-bond acceptors (Lipinski definition) is 6. The van der Waals surface area contributed by atoms with Gasteiger partial charge >= 0.3 is 0 Å². The summed E-state index contributed by atoms with van der Waals surface area (Å²) in [5.74, 6) is 1.17. The number of rotatable bonds is 5. The van der Waals surface area contributed by atoms with Gasteiger partial charge in [0, 0.05) is 0 Å². The third-order valence-corrected chi connectivity index (χ3v) is 4.45. The second-order valence-electron chi connectivity index (χ2n) is 4.56. The van der Waals surface area contributed by atoms with Gasteiger partial charge in [-0.05, 0) is 36.4 Å². The lowest BCUT2D eigenvalue weighted by molar-refractivity contribution is 0.414. The van der Waals surface area contributed by atoms with Crippen molar-refractivity contribution < 1.29 is 13.2 Å². The predicted molar refractivity (Wildman–Crippen MR) is 83.0 cm³/mol. The van der Waals surface area contributed by atoms with Crippen LogP contribution in [0.25, 0.3) is 5.82 Å². The van der Waals surface area contributed by atoms with Gasteiger partial charge < -0.3 is 4.74 Å². The van der Waals surface area contributed by atoms with Crippen molar-refractivity contribution in [3.8, 4) is 11.6 Å². The summed E-state index contributed by atoms with van der Waals surface area (Å²) in [6, 6.07) is 9.39. The van der Waals surface area contributed by atoms with Crippen molar-refractivity contribution in [1.29, 1.82) is 0 Å². The first-order chi connectivity index (χ1) is 11.1. The third kappa shape index (κ3) is 3.29. The molecule has 0 aliphatic heterocycles. The Morgan fingerprint density at radius 3 is 2.30 bits per heavy atom. The van der Waals surface area contributed by atoms with E-state index in [0.717, 1.165) is 0 Å². The van der Waals surface area contributed by atoms with Crippen LogP contribution in [0, 0.1) is 0 Å². The van der Waals surface area contributed by atoms with Crippen molar-refractivity contribution in [2.24, 2.45) is 0 Å². The first-order valence-corrected chi connectivity index (χ1v) is 8.05. The summed E-state index contributed by atoms with van der Waals surface area (Å²) in [4.78, 5) is 4.30. The van der Waals surface area contributed by atoms with Gasteiger partial charge in [-0.3, -0.25) is 9.29 Å². The SMILES string of the molecule is COc1ccc(S(=O)(=O)Nc2ccc(-n3cnnc3)nc2)cc1. The fourth-order valence-electron chi connectivity index (χ4n) is 1.89. The van der Waals surface area contributed by atoms with E-state index in [1.807, 2.05) is 0 Å². The Labute approximate surface area is 132 Å². The molecule has 0 amide bonds.